The molecule has 100 valence electrons. The summed E-state index contributed by atoms with van der Waals surface area (Å²) >= 11 is 3.14. The van der Waals surface area contributed by atoms with E-state index in [0.717, 1.165) is 5.56 Å². The van der Waals surface area contributed by atoms with Crippen LogP contribution < -0.4 is 11.1 Å². The summed E-state index contributed by atoms with van der Waals surface area (Å²) in [6.45, 7) is 0.314. The minimum absolute atomic E-state index is 0.210. The summed E-state index contributed by atoms with van der Waals surface area (Å²) in [5.74, 6) is -0.647. The predicted octanol–water partition coefficient (Wildman–Crippen LogP) is 3.84. The van der Waals surface area contributed by atoms with Crippen LogP contribution in [0, 0.1) is 11.6 Å². The molecule has 0 amide bonds. The van der Waals surface area contributed by atoms with Gasteiger partial charge in [-0.2, -0.15) is 0 Å². The van der Waals surface area contributed by atoms with Crippen molar-refractivity contribution in [3.8, 4) is 0 Å². The van der Waals surface area contributed by atoms with Gasteiger partial charge in [0.15, 0.2) is 0 Å². The maximum atomic E-state index is 13.2. The van der Waals surface area contributed by atoms with Gasteiger partial charge < -0.3 is 11.1 Å². The van der Waals surface area contributed by atoms with Gasteiger partial charge in [0, 0.05) is 12.2 Å². The average molecular weight is 327 g/mol. The Labute approximate surface area is 118 Å². The van der Waals surface area contributed by atoms with E-state index >= 15 is 0 Å². The second kappa shape index (κ2) is 6.12. The molecule has 0 aliphatic carbocycles. The van der Waals surface area contributed by atoms with Crippen LogP contribution >= 0.6 is 15.9 Å². The summed E-state index contributed by atoms with van der Waals surface area (Å²) in [4.78, 5) is 0. The number of nitrogens with two attached hydrogens (primary N) is 1. The lowest BCUT2D eigenvalue weighted by Crippen LogP contribution is -2.20. The lowest BCUT2D eigenvalue weighted by atomic mass is 10.1. The van der Waals surface area contributed by atoms with Gasteiger partial charge in [-0.1, -0.05) is 12.1 Å². The SMILES string of the molecule is NCC(Nc1cccc(F)c1)c1ccc(F)c(Br)c1. The molecule has 1 unspecified atom stereocenters. The number of anilines is 1. The molecular formula is C14H13BrF2N2. The van der Waals surface area contributed by atoms with Crippen molar-refractivity contribution >= 4 is 21.6 Å². The maximum absolute atomic E-state index is 13.2. The minimum Gasteiger partial charge on any atom is -0.377 e. The molecular weight excluding hydrogens is 314 g/mol. The van der Waals surface area contributed by atoms with Crippen molar-refractivity contribution in [2.75, 3.05) is 11.9 Å². The lowest BCUT2D eigenvalue weighted by Gasteiger charge is -2.19. The first kappa shape index (κ1) is 14.0. The topological polar surface area (TPSA) is 38.0 Å². The first-order valence-corrected chi connectivity index (χ1v) is 6.56. The van der Waals surface area contributed by atoms with Crippen molar-refractivity contribution in [1.82, 2.24) is 0 Å². The fourth-order valence-electron chi connectivity index (χ4n) is 1.79. The van der Waals surface area contributed by atoms with E-state index in [0.29, 0.717) is 16.7 Å². The van der Waals surface area contributed by atoms with Crippen LogP contribution in [0.5, 0.6) is 0 Å². The molecule has 0 saturated heterocycles. The fraction of sp³-hybridized carbons (Fsp3) is 0.143. The zero-order valence-corrected chi connectivity index (χ0v) is 11.6. The highest BCUT2D eigenvalue weighted by molar-refractivity contribution is 9.10. The molecule has 2 aromatic rings. The number of hydrogen-bond donors (Lipinski definition) is 2. The molecule has 0 spiro atoms. The first-order chi connectivity index (χ1) is 9.10. The number of hydrogen-bond acceptors (Lipinski definition) is 2. The van der Waals surface area contributed by atoms with E-state index in [1.807, 2.05) is 0 Å². The van der Waals surface area contributed by atoms with Crippen LogP contribution in [-0.2, 0) is 0 Å². The number of nitrogens with one attached hydrogen (secondary N) is 1. The van der Waals surface area contributed by atoms with Crippen LogP contribution in [-0.4, -0.2) is 6.54 Å². The number of halogens is 3. The Morgan fingerprint density at radius 1 is 1.16 bits per heavy atom. The van der Waals surface area contributed by atoms with Gasteiger partial charge in [0.1, 0.15) is 11.6 Å². The Hall–Kier alpha value is -1.46. The summed E-state index contributed by atoms with van der Waals surface area (Å²) < 4.78 is 26.7. The highest BCUT2D eigenvalue weighted by Crippen LogP contribution is 2.24. The average Bonchev–Trinajstić information content (AvgIpc) is 2.39. The van der Waals surface area contributed by atoms with E-state index in [-0.39, 0.29) is 17.7 Å². The summed E-state index contributed by atoms with van der Waals surface area (Å²) in [6, 6.07) is 10.6. The molecule has 0 aliphatic rings. The Kier molecular flexibility index (Phi) is 4.50. The molecule has 5 heteroatoms. The van der Waals surface area contributed by atoms with E-state index in [1.165, 1.54) is 18.2 Å². The summed E-state index contributed by atoms with van der Waals surface area (Å²) in [6.07, 6.45) is 0. The summed E-state index contributed by atoms with van der Waals surface area (Å²) in [7, 11) is 0. The van der Waals surface area contributed by atoms with Crippen molar-refractivity contribution in [3.05, 3.63) is 64.1 Å². The third-order valence-corrected chi connectivity index (χ3v) is 3.35. The molecule has 19 heavy (non-hydrogen) atoms. The van der Waals surface area contributed by atoms with Crippen LogP contribution in [0.1, 0.15) is 11.6 Å². The van der Waals surface area contributed by atoms with Crippen LogP contribution in [0.25, 0.3) is 0 Å². The van der Waals surface area contributed by atoms with Gasteiger partial charge in [0.25, 0.3) is 0 Å². The van der Waals surface area contributed by atoms with Crippen molar-refractivity contribution in [3.63, 3.8) is 0 Å². The molecule has 0 radical (unpaired) electrons. The molecule has 0 fully saturated rings. The van der Waals surface area contributed by atoms with Gasteiger partial charge in [0.05, 0.1) is 10.5 Å². The lowest BCUT2D eigenvalue weighted by molar-refractivity contribution is 0.619. The first-order valence-electron chi connectivity index (χ1n) is 5.77. The van der Waals surface area contributed by atoms with E-state index in [1.54, 1.807) is 24.3 Å². The second-order valence-corrected chi connectivity index (χ2v) is 4.97. The van der Waals surface area contributed by atoms with Gasteiger partial charge in [-0.05, 0) is 51.8 Å². The molecule has 2 rings (SSSR count). The molecule has 2 nitrogen and oxygen atoms in total. The largest absolute Gasteiger partial charge is 0.377 e. The monoisotopic (exact) mass is 326 g/mol. The van der Waals surface area contributed by atoms with E-state index in [4.69, 9.17) is 5.73 Å². The van der Waals surface area contributed by atoms with Crippen molar-refractivity contribution < 1.29 is 8.78 Å². The molecule has 0 aromatic heterocycles. The van der Waals surface area contributed by atoms with Crippen LogP contribution in [0.15, 0.2) is 46.9 Å². The highest BCUT2D eigenvalue weighted by atomic mass is 79.9. The third kappa shape index (κ3) is 3.52. The zero-order chi connectivity index (χ0) is 13.8. The van der Waals surface area contributed by atoms with E-state index < -0.39 is 0 Å². The normalized spacial score (nSPS) is 12.2. The van der Waals surface area contributed by atoms with Crippen molar-refractivity contribution in [1.29, 1.82) is 0 Å². The molecule has 0 aliphatic heterocycles. The van der Waals surface area contributed by atoms with Crippen molar-refractivity contribution in [2.45, 2.75) is 6.04 Å². The van der Waals surface area contributed by atoms with Gasteiger partial charge in [-0.15, -0.1) is 0 Å². The molecule has 0 saturated carbocycles. The Morgan fingerprint density at radius 3 is 2.58 bits per heavy atom. The second-order valence-electron chi connectivity index (χ2n) is 4.12. The van der Waals surface area contributed by atoms with E-state index in [2.05, 4.69) is 21.2 Å². The number of rotatable bonds is 4. The fourth-order valence-corrected chi connectivity index (χ4v) is 2.18. The Bertz CT molecular complexity index is 575. The van der Waals surface area contributed by atoms with E-state index in [9.17, 15) is 8.78 Å². The molecule has 3 N–H and O–H groups in total. The highest BCUT2D eigenvalue weighted by Gasteiger charge is 2.11. The van der Waals surface area contributed by atoms with Gasteiger partial charge in [-0.3, -0.25) is 0 Å². The van der Waals surface area contributed by atoms with Gasteiger partial charge >= 0.3 is 0 Å². The van der Waals surface area contributed by atoms with Gasteiger partial charge in [-0.25, -0.2) is 8.78 Å². The summed E-state index contributed by atoms with van der Waals surface area (Å²) in [5, 5.41) is 3.12. The maximum Gasteiger partial charge on any atom is 0.137 e. The van der Waals surface area contributed by atoms with Crippen LogP contribution in [0.3, 0.4) is 0 Å². The molecule has 0 heterocycles. The van der Waals surface area contributed by atoms with Crippen LogP contribution in [0.2, 0.25) is 0 Å². The third-order valence-electron chi connectivity index (χ3n) is 2.75. The smallest absolute Gasteiger partial charge is 0.137 e. The quantitative estimate of drug-likeness (QED) is 0.895. The predicted molar refractivity (Wildman–Crippen MR) is 75.9 cm³/mol. The standard InChI is InChI=1S/C14H13BrF2N2/c15-12-6-9(4-5-13(12)17)14(8-18)19-11-3-1-2-10(16)7-11/h1-7,14,19H,8,18H2. The number of benzene rings is 2. The Morgan fingerprint density at radius 2 is 1.95 bits per heavy atom. The molecule has 2 aromatic carbocycles. The summed E-state index contributed by atoms with van der Waals surface area (Å²) in [5.41, 5.74) is 7.18. The van der Waals surface area contributed by atoms with Crippen molar-refractivity contribution in [2.24, 2.45) is 5.73 Å². The molecule has 1 atom stereocenters. The van der Waals surface area contributed by atoms with Crippen LogP contribution in [0.4, 0.5) is 14.5 Å². The van der Waals surface area contributed by atoms with Gasteiger partial charge in [0.2, 0.25) is 0 Å². The minimum atomic E-state index is -0.328. The molecule has 0 bridgehead atoms. The zero-order valence-electron chi connectivity index (χ0n) is 10.0. The Balaban J connectivity index is 2.22.